The zero-order chi connectivity index (χ0) is 14.3. The van der Waals surface area contributed by atoms with Crippen molar-refractivity contribution in [2.45, 2.75) is 43.9 Å². The van der Waals surface area contributed by atoms with Crippen molar-refractivity contribution >= 4 is 11.8 Å². The number of hydrogen-bond donors (Lipinski definition) is 1. The molecule has 0 radical (unpaired) electrons. The molecule has 0 aliphatic carbocycles. The minimum absolute atomic E-state index is 0.490. The van der Waals surface area contributed by atoms with Gasteiger partial charge in [-0.2, -0.15) is 13.2 Å². The lowest BCUT2D eigenvalue weighted by atomic mass is 10.3. The maximum absolute atomic E-state index is 12.3. The molecule has 1 heterocycles. The van der Waals surface area contributed by atoms with Crippen LogP contribution in [-0.4, -0.2) is 23.3 Å². The van der Waals surface area contributed by atoms with Crippen LogP contribution in [0.25, 0.3) is 0 Å². The Balaban J connectivity index is 2.23. The quantitative estimate of drug-likeness (QED) is 0.608. The van der Waals surface area contributed by atoms with E-state index < -0.39 is 11.7 Å². The first-order valence-corrected chi connectivity index (χ1v) is 7.27. The third kappa shape index (κ3) is 6.82. The van der Waals surface area contributed by atoms with Crippen molar-refractivity contribution < 1.29 is 13.2 Å². The molecule has 0 saturated heterocycles. The van der Waals surface area contributed by atoms with Gasteiger partial charge in [-0.25, -0.2) is 4.98 Å². The summed E-state index contributed by atoms with van der Waals surface area (Å²) in [6.45, 7) is 5.17. The van der Waals surface area contributed by atoms with Gasteiger partial charge in [-0.3, -0.25) is 0 Å². The first-order valence-electron chi connectivity index (χ1n) is 6.29. The number of aromatic nitrogens is 1. The van der Waals surface area contributed by atoms with Gasteiger partial charge in [0.15, 0.2) is 0 Å². The molecular weight excluding hydrogens is 273 g/mol. The van der Waals surface area contributed by atoms with E-state index in [1.165, 1.54) is 17.8 Å². The van der Waals surface area contributed by atoms with Crippen molar-refractivity contribution in [3.8, 4) is 0 Å². The fourth-order valence-corrected chi connectivity index (χ4v) is 2.28. The Bertz CT molecular complexity index is 363. The Morgan fingerprint density at radius 1 is 1.26 bits per heavy atom. The lowest BCUT2D eigenvalue weighted by Gasteiger charge is -2.08. The van der Waals surface area contributed by atoms with Crippen LogP contribution in [0.3, 0.4) is 0 Å². The predicted octanol–water partition coefficient (Wildman–Crippen LogP) is 3.97. The molecule has 1 aromatic rings. The number of nitrogens with zero attached hydrogens (tertiary/aromatic N) is 1. The molecule has 0 aromatic carbocycles. The highest BCUT2D eigenvalue weighted by atomic mass is 32.2. The molecule has 0 fully saturated rings. The Labute approximate surface area is 116 Å². The summed E-state index contributed by atoms with van der Waals surface area (Å²) in [5, 5.41) is 3.96. The predicted molar refractivity (Wildman–Crippen MR) is 72.3 cm³/mol. The number of halogens is 3. The second-order valence-electron chi connectivity index (χ2n) is 4.55. The van der Waals surface area contributed by atoms with E-state index in [2.05, 4.69) is 24.1 Å². The van der Waals surface area contributed by atoms with E-state index in [9.17, 15) is 13.2 Å². The molecule has 0 amide bonds. The fourth-order valence-electron chi connectivity index (χ4n) is 1.43. The minimum Gasteiger partial charge on any atom is -0.315 e. The molecule has 0 aliphatic rings. The SMILES string of the molecule is CC(C)NCCCCSc1ccc(C(F)(F)F)cn1. The van der Waals surface area contributed by atoms with E-state index in [1.807, 2.05) is 0 Å². The van der Waals surface area contributed by atoms with Crippen molar-refractivity contribution in [3.63, 3.8) is 0 Å². The summed E-state index contributed by atoms with van der Waals surface area (Å²) in [7, 11) is 0. The van der Waals surface area contributed by atoms with Gasteiger partial charge in [-0.05, 0) is 37.3 Å². The number of hydrogen-bond acceptors (Lipinski definition) is 3. The first-order chi connectivity index (χ1) is 8.89. The van der Waals surface area contributed by atoms with E-state index in [4.69, 9.17) is 0 Å². The third-order valence-electron chi connectivity index (χ3n) is 2.44. The van der Waals surface area contributed by atoms with Crippen LogP contribution in [0, 0.1) is 0 Å². The summed E-state index contributed by atoms with van der Waals surface area (Å²) >= 11 is 1.49. The largest absolute Gasteiger partial charge is 0.417 e. The molecule has 1 aromatic heterocycles. The number of pyridine rings is 1. The molecule has 19 heavy (non-hydrogen) atoms. The summed E-state index contributed by atoms with van der Waals surface area (Å²) in [5.41, 5.74) is -0.696. The van der Waals surface area contributed by atoms with Gasteiger partial charge in [0.2, 0.25) is 0 Å². The van der Waals surface area contributed by atoms with Crippen molar-refractivity contribution in [3.05, 3.63) is 23.9 Å². The van der Waals surface area contributed by atoms with Gasteiger partial charge in [-0.1, -0.05) is 13.8 Å². The molecule has 1 N–H and O–H groups in total. The Hall–Kier alpha value is -0.750. The van der Waals surface area contributed by atoms with E-state index in [0.29, 0.717) is 11.1 Å². The van der Waals surface area contributed by atoms with Gasteiger partial charge in [0.25, 0.3) is 0 Å². The van der Waals surface area contributed by atoms with Gasteiger partial charge < -0.3 is 5.32 Å². The molecule has 0 atom stereocenters. The molecule has 0 bridgehead atoms. The van der Waals surface area contributed by atoms with Crippen LogP contribution < -0.4 is 5.32 Å². The maximum Gasteiger partial charge on any atom is 0.417 e. The van der Waals surface area contributed by atoms with Crippen LogP contribution in [0.4, 0.5) is 13.2 Å². The number of rotatable bonds is 7. The highest BCUT2D eigenvalue weighted by molar-refractivity contribution is 7.99. The van der Waals surface area contributed by atoms with E-state index in [0.717, 1.165) is 37.4 Å². The van der Waals surface area contributed by atoms with E-state index in [1.54, 1.807) is 0 Å². The van der Waals surface area contributed by atoms with Crippen LogP contribution in [0.1, 0.15) is 32.3 Å². The second-order valence-corrected chi connectivity index (χ2v) is 5.66. The van der Waals surface area contributed by atoms with Crippen molar-refractivity contribution in [1.82, 2.24) is 10.3 Å². The normalized spacial score (nSPS) is 12.1. The van der Waals surface area contributed by atoms with Crippen molar-refractivity contribution in [2.24, 2.45) is 0 Å². The number of unbranched alkanes of at least 4 members (excludes halogenated alkanes) is 1. The fraction of sp³-hybridized carbons (Fsp3) is 0.615. The van der Waals surface area contributed by atoms with Crippen LogP contribution in [0.15, 0.2) is 23.4 Å². The maximum atomic E-state index is 12.3. The molecule has 2 nitrogen and oxygen atoms in total. The highest BCUT2D eigenvalue weighted by Gasteiger charge is 2.30. The first kappa shape index (κ1) is 16.3. The molecule has 0 spiro atoms. The average molecular weight is 292 g/mol. The molecular formula is C13H19F3N2S. The molecule has 6 heteroatoms. The Morgan fingerprint density at radius 2 is 2.00 bits per heavy atom. The van der Waals surface area contributed by atoms with Crippen LogP contribution in [0.2, 0.25) is 0 Å². The Kier molecular flexibility index (Phi) is 6.65. The van der Waals surface area contributed by atoms with Crippen LogP contribution in [-0.2, 0) is 6.18 Å². The van der Waals surface area contributed by atoms with E-state index in [-0.39, 0.29) is 0 Å². The Morgan fingerprint density at radius 3 is 2.53 bits per heavy atom. The number of nitrogens with one attached hydrogen (secondary N) is 1. The standard InChI is InChI=1S/C13H19F3N2S/c1-10(2)17-7-3-4-8-19-12-6-5-11(9-18-12)13(14,15)16/h5-6,9-10,17H,3-4,7-8H2,1-2H3. The summed E-state index contributed by atoms with van der Waals surface area (Å²) in [4.78, 5) is 3.82. The third-order valence-corrected chi connectivity index (χ3v) is 3.47. The highest BCUT2D eigenvalue weighted by Crippen LogP contribution is 2.29. The van der Waals surface area contributed by atoms with Crippen LogP contribution in [0.5, 0.6) is 0 Å². The van der Waals surface area contributed by atoms with Gasteiger partial charge >= 0.3 is 6.18 Å². The lowest BCUT2D eigenvalue weighted by Crippen LogP contribution is -2.23. The summed E-state index contributed by atoms with van der Waals surface area (Å²) < 4.78 is 37.0. The van der Waals surface area contributed by atoms with Crippen molar-refractivity contribution in [2.75, 3.05) is 12.3 Å². The zero-order valence-corrected chi connectivity index (χ0v) is 11.9. The topological polar surface area (TPSA) is 24.9 Å². The molecule has 0 aliphatic heterocycles. The average Bonchev–Trinajstić information content (AvgIpc) is 2.32. The molecule has 108 valence electrons. The summed E-state index contributed by atoms with van der Waals surface area (Å²) in [6.07, 6.45) is -1.33. The monoisotopic (exact) mass is 292 g/mol. The van der Waals surface area contributed by atoms with Gasteiger partial charge in [0.1, 0.15) is 0 Å². The van der Waals surface area contributed by atoms with Crippen LogP contribution >= 0.6 is 11.8 Å². The smallest absolute Gasteiger partial charge is 0.315 e. The van der Waals surface area contributed by atoms with Gasteiger partial charge in [-0.15, -0.1) is 11.8 Å². The number of thioether (sulfide) groups is 1. The lowest BCUT2D eigenvalue weighted by molar-refractivity contribution is -0.137. The van der Waals surface area contributed by atoms with Crippen molar-refractivity contribution in [1.29, 1.82) is 0 Å². The number of alkyl halides is 3. The van der Waals surface area contributed by atoms with Gasteiger partial charge in [0, 0.05) is 12.2 Å². The molecule has 1 rings (SSSR count). The van der Waals surface area contributed by atoms with E-state index >= 15 is 0 Å². The minimum atomic E-state index is -4.31. The molecule has 0 saturated carbocycles. The summed E-state index contributed by atoms with van der Waals surface area (Å²) in [5.74, 6) is 0.873. The van der Waals surface area contributed by atoms with Gasteiger partial charge in [0.05, 0.1) is 10.6 Å². The molecule has 0 unspecified atom stereocenters. The zero-order valence-electron chi connectivity index (χ0n) is 11.1. The second kappa shape index (κ2) is 7.75. The summed E-state index contributed by atoms with van der Waals surface area (Å²) in [6, 6.07) is 3.00.